The van der Waals surface area contributed by atoms with Crippen molar-refractivity contribution >= 4 is 17.7 Å². The van der Waals surface area contributed by atoms with E-state index in [2.05, 4.69) is 18.8 Å². The fourth-order valence-corrected chi connectivity index (χ4v) is 2.33. The Balaban J connectivity index is 2.78. The van der Waals surface area contributed by atoms with Crippen LogP contribution in [0.25, 0.3) is 0 Å². The van der Waals surface area contributed by atoms with E-state index < -0.39 is 5.97 Å². The van der Waals surface area contributed by atoms with E-state index in [4.69, 9.17) is 9.84 Å². The first kappa shape index (κ1) is 15.0. The highest BCUT2D eigenvalue weighted by Crippen LogP contribution is 2.23. The van der Waals surface area contributed by atoms with Gasteiger partial charge in [-0.3, -0.25) is 4.79 Å². The van der Waals surface area contributed by atoms with E-state index in [1.54, 1.807) is 0 Å². The Hall–Kier alpha value is -1.01. The summed E-state index contributed by atoms with van der Waals surface area (Å²) in [6.45, 7) is 8.16. The summed E-state index contributed by atoms with van der Waals surface area (Å²) < 4.78 is 7.40. The summed E-state index contributed by atoms with van der Waals surface area (Å²) in [5.74, 6) is -0.438. The second-order valence-electron chi connectivity index (χ2n) is 4.15. The van der Waals surface area contributed by atoms with Crippen LogP contribution in [-0.4, -0.2) is 39.6 Å². The van der Waals surface area contributed by atoms with Crippen molar-refractivity contribution < 1.29 is 14.6 Å². The highest BCUT2D eigenvalue weighted by molar-refractivity contribution is 7.99. The van der Waals surface area contributed by atoms with E-state index in [-0.39, 0.29) is 5.75 Å². The molecule has 5 nitrogen and oxygen atoms in total. The normalized spacial score (nSPS) is 11.1. The van der Waals surface area contributed by atoms with Crippen LogP contribution in [0.3, 0.4) is 0 Å². The van der Waals surface area contributed by atoms with Gasteiger partial charge < -0.3 is 14.4 Å². The van der Waals surface area contributed by atoms with Gasteiger partial charge in [-0.2, -0.15) is 0 Å². The lowest BCUT2D eigenvalue weighted by molar-refractivity contribution is -0.133. The summed E-state index contributed by atoms with van der Waals surface area (Å²) in [6.07, 6.45) is 1.82. The zero-order chi connectivity index (χ0) is 13.5. The first-order chi connectivity index (χ1) is 8.56. The summed E-state index contributed by atoms with van der Waals surface area (Å²) in [6, 6.07) is 0. The lowest BCUT2D eigenvalue weighted by Crippen LogP contribution is -2.11. The van der Waals surface area contributed by atoms with Gasteiger partial charge >= 0.3 is 5.97 Å². The number of carboxylic acids is 1. The first-order valence-electron chi connectivity index (χ1n) is 6.04. The molecule has 1 aromatic heterocycles. The van der Waals surface area contributed by atoms with Crippen molar-refractivity contribution in [2.45, 2.75) is 38.4 Å². The molecule has 1 N–H and O–H groups in total. The molecule has 18 heavy (non-hydrogen) atoms. The summed E-state index contributed by atoms with van der Waals surface area (Å²) >= 11 is 1.25. The molecule has 1 rings (SSSR count). The number of nitrogens with zero attached hydrogens (tertiary/aromatic N) is 2. The standard InChI is InChI=1S/C12H20N2O3S/c1-4-17-6-5-14-10(9(2)3)7-13-12(14)18-8-11(15)16/h7,9H,4-6,8H2,1-3H3,(H,15,16). The predicted molar refractivity (Wildman–Crippen MR) is 71.2 cm³/mol. The average molecular weight is 272 g/mol. The maximum Gasteiger partial charge on any atom is 0.313 e. The monoisotopic (exact) mass is 272 g/mol. The van der Waals surface area contributed by atoms with Crippen molar-refractivity contribution in [3.8, 4) is 0 Å². The molecule has 0 fully saturated rings. The Morgan fingerprint density at radius 3 is 2.89 bits per heavy atom. The third kappa shape index (κ3) is 4.34. The van der Waals surface area contributed by atoms with Gasteiger partial charge in [0.1, 0.15) is 0 Å². The van der Waals surface area contributed by atoms with Gasteiger partial charge in [-0.15, -0.1) is 0 Å². The molecule has 0 saturated carbocycles. The van der Waals surface area contributed by atoms with Crippen molar-refractivity contribution in [1.82, 2.24) is 9.55 Å². The van der Waals surface area contributed by atoms with Crippen molar-refractivity contribution in [2.75, 3.05) is 19.0 Å². The second-order valence-corrected chi connectivity index (χ2v) is 5.09. The Labute approximate surface area is 112 Å². The summed E-state index contributed by atoms with van der Waals surface area (Å²) in [4.78, 5) is 14.9. The number of aromatic nitrogens is 2. The van der Waals surface area contributed by atoms with Crippen molar-refractivity contribution in [3.05, 3.63) is 11.9 Å². The van der Waals surface area contributed by atoms with E-state index in [1.807, 2.05) is 17.7 Å². The van der Waals surface area contributed by atoms with Gasteiger partial charge in [-0.25, -0.2) is 4.98 Å². The Morgan fingerprint density at radius 1 is 1.61 bits per heavy atom. The van der Waals surface area contributed by atoms with Gasteiger partial charge in [-0.05, 0) is 12.8 Å². The largest absolute Gasteiger partial charge is 0.481 e. The first-order valence-corrected chi connectivity index (χ1v) is 7.02. The zero-order valence-corrected chi connectivity index (χ0v) is 11.9. The highest BCUT2D eigenvalue weighted by atomic mass is 32.2. The number of hydrogen-bond acceptors (Lipinski definition) is 4. The lowest BCUT2D eigenvalue weighted by Gasteiger charge is -2.13. The number of hydrogen-bond donors (Lipinski definition) is 1. The molecule has 0 aliphatic carbocycles. The maximum absolute atomic E-state index is 10.6. The van der Waals surface area contributed by atoms with Crippen LogP contribution < -0.4 is 0 Å². The van der Waals surface area contributed by atoms with Crippen molar-refractivity contribution in [3.63, 3.8) is 0 Å². The van der Waals surface area contributed by atoms with Crippen LogP contribution in [0.2, 0.25) is 0 Å². The molecule has 0 bridgehead atoms. The van der Waals surface area contributed by atoms with Crippen LogP contribution in [0, 0.1) is 0 Å². The molecule has 0 amide bonds. The summed E-state index contributed by atoms with van der Waals surface area (Å²) in [5.41, 5.74) is 1.11. The minimum absolute atomic E-state index is 0.0309. The molecule has 1 aromatic rings. The molecular weight excluding hydrogens is 252 g/mol. The van der Waals surface area contributed by atoms with Crippen LogP contribution in [0.1, 0.15) is 32.4 Å². The lowest BCUT2D eigenvalue weighted by atomic mass is 10.1. The predicted octanol–water partition coefficient (Wildman–Crippen LogP) is 2.22. The van der Waals surface area contributed by atoms with Crippen LogP contribution in [0.15, 0.2) is 11.4 Å². The van der Waals surface area contributed by atoms with Gasteiger partial charge in [0.05, 0.1) is 12.4 Å². The molecule has 1 heterocycles. The fourth-order valence-electron chi connectivity index (χ4n) is 1.60. The highest BCUT2D eigenvalue weighted by Gasteiger charge is 2.14. The Bertz CT molecular complexity index is 391. The van der Waals surface area contributed by atoms with Crippen LogP contribution in [0.4, 0.5) is 0 Å². The zero-order valence-electron chi connectivity index (χ0n) is 11.0. The third-order valence-electron chi connectivity index (χ3n) is 2.43. The van der Waals surface area contributed by atoms with Crippen molar-refractivity contribution in [1.29, 1.82) is 0 Å². The van der Waals surface area contributed by atoms with E-state index in [9.17, 15) is 4.79 Å². The minimum Gasteiger partial charge on any atom is -0.481 e. The van der Waals surface area contributed by atoms with Gasteiger partial charge in [-0.1, -0.05) is 25.6 Å². The maximum atomic E-state index is 10.6. The van der Waals surface area contributed by atoms with Gasteiger partial charge in [0.2, 0.25) is 0 Å². The van der Waals surface area contributed by atoms with E-state index in [0.29, 0.717) is 25.7 Å². The number of ether oxygens (including phenoxy) is 1. The molecule has 0 aliphatic heterocycles. The summed E-state index contributed by atoms with van der Waals surface area (Å²) in [5, 5.41) is 9.46. The number of thioether (sulfide) groups is 1. The number of carbonyl (C=O) groups is 1. The molecule has 102 valence electrons. The SMILES string of the molecule is CCOCCn1c(C(C)C)cnc1SCC(=O)O. The molecule has 0 unspecified atom stereocenters. The van der Waals surface area contributed by atoms with E-state index in [1.165, 1.54) is 11.8 Å². The fraction of sp³-hybridized carbons (Fsp3) is 0.667. The molecule has 0 aliphatic rings. The van der Waals surface area contributed by atoms with Gasteiger partial charge in [0.15, 0.2) is 5.16 Å². The number of carboxylic acid groups (broad SMARTS) is 1. The third-order valence-corrected chi connectivity index (χ3v) is 3.40. The molecule has 0 spiro atoms. The van der Waals surface area contributed by atoms with E-state index >= 15 is 0 Å². The minimum atomic E-state index is -0.828. The second kappa shape index (κ2) is 7.43. The van der Waals surface area contributed by atoms with Crippen molar-refractivity contribution in [2.24, 2.45) is 0 Å². The molecule has 0 atom stereocenters. The molecule has 0 saturated heterocycles. The molecular formula is C12H20N2O3S. The van der Waals surface area contributed by atoms with Gasteiger partial charge in [0.25, 0.3) is 0 Å². The van der Waals surface area contributed by atoms with Crippen LogP contribution >= 0.6 is 11.8 Å². The molecule has 0 radical (unpaired) electrons. The van der Waals surface area contributed by atoms with Gasteiger partial charge in [0, 0.05) is 25.0 Å². The Kier molecular flexibility index (Phi) is 6.21. The van der Waals surface area contributed by atoms with Crippen LogP contribution in [0.5, 0.6) is 0 Å². The quantitative estimate of drug-likeness (QED) is 0.580. The molecule has 0 aromatic carbocycles. The smallest absolute Gasteiger partial charge is 0.313 e. The summed E-state index contributed by atoms with van der Waals surface area (Å²) in [7, 11) is 0. The number of imidazole rings is 1. The number of rotatable bonds is 8. The van der Waals surface area contributed by atoms with Crippen LogP contribution in [-0.2, 0) is 16.1 Å². The Morgan fingerprint density at radius 2 is 2.33 bits per heavy atom. The average Bonchev–Trinajstić information content (AvgIpc) is 2.70. The molecule has 6 heteroatoms. The number of aliphatic carboxylic acids is 1. The topological polar surface area (TPSA) is 64.4 Å². The van der Waals surface area contributed by atoms with E-state index in [0.717, 1.165) is 10.9 Å².